The molecule has 0 saturated heterocycles. The number of amides is 1. The Morgan fingerprint density at radius 2 is 1.81 bits per heavy atom. The minimum atomic E-state index is -0.551. The molecule has 0 aromatic heterocycles. The molecule has 7 heteroatoms. The van der Waals surface area contributed by atoms with Crippen LogP contribution in [0.4, 0.5) is 10.1 Å². The first-order chi connectivity index (χ1) is 12.2. The lowest BCUT2D eigenvalue weighted by Crippen LogP contribution is -2.91. The molecule has 3 N–H and O–H groups in total. The Morgan fingerprint density at radius 1 is 1.12 bits per heavy atom. The van der Waals surface area contributed by atoms with Gasteiger partial charge in [-0.25, -0.2) is 4.39 Å². The first-order valence-electron chi connectivity index (χ1n) is 8.10. The smallest absolute Gasteiger partial charge is 0.282 e. The molecule has 2 rings (SSSR count). The third-order valence-electron chi connectivity index (χ3n) is 4.06. The molecule has 0 heterocycles. The minimum Gasteiger partial charge on any atom is -0.330 e. The van der Waals surface area contributed by atoms with Gasteiger partial charge >= 0.3 is 0 Å². The summed E-state index contributed by atoms with van der Waals surface area (Å²) in [7, 11) is 0. The van der Waals surface area contributed by atoms with Crippen molar-refractivity contribution in [2.45, 2.75) is 32.9 Å². The van der Waals surface area contributed by atoms with Crippen molar-refractivity contribution in [3.05, 3.63) is 63.4 Å². The van der Waals surface area contributed by atoms with E-state index in [2.05, 4.69) is 5.32 Å². The summed E-state index contributed by atoms with van der Waals surface area (Å²) in [5.74, 6) is -0.860. The van der Waals surface area contributed by atoms with Crippen molar-refractivity contribution in [2.75, 3.05) is 5.32 Å². The van der Waals surface area contributed by atoms with Crippen molar-refractivity contribution >= 4 is 40.6 Å². The molecule has 0 spiro atoms. The van der Waals surface area contributed by atoms with Gasteiger partial charge in [-0.2, -0.15) is 0 Å². The van der Waals surface area contributed by atoms with Gasteiger partial charge in [0.15, 0.2) is 11.8 Å². The molecule has 4 nitrogen and oxygen atoms in total. The number of ketones is 1. The number of carbonyl (C=O) groups excluding carboxylic acids is 2. The van der Waals surface area contributed by atoms with Crippen molar-refractivity contribution in [1.29, 1.82) is 0 Å². The molecular formula is C19H20Cl2FN2O2+. The minimum absolute atomic E-state index is 0.0397. The fraction of sp³-hybridized carbons (Fsp3) is 0.263. The average Bonchev–Trinajstić information content (AvgIpc) is 2.58. The van der Waals surface area contributed by atoms with Crippen LogP contribution in [-0.4, -0.2) is 17.7 Å². The Bertz CT molecular complexity index is 842. The molecule has 0 saturated carbocycles. The van der Waals surface area contributed by atoms with Crippen LogP contribution in [0.5, 0.6) is 0 Å². The molecule has 0 fully saturated rings. The Morgan fingerprint density at radius 3 is 2.46 bits per heavy atom. The number of nitrogens with one attached hydrogen (secondary N) is 1. The van der Waals surface area contributed by atoms with Gasteiger partial charge in [0.2, 0.25) is 0 Å². The van der Waals surface area contributed by atoms with Gasteiger partial charge in [-0.05, 0) is 45.0 Å². The highest BCUT2D eigenvalue weighted by Gasteiger charge is 2.23. The molecule has 0 aliphatic rings. The molecule has 138 valence electrons. The van der Waals surface area contributed by atoms with Crippen molar-refractivity contribution in [2.24, 2.45) is 0 Å². The number of rotatable bonds is 6. The zero-order chi connectivity index (χ0) is 19.4. The number of carbonyl (C=O) groups is 2. The van der Waals surface area contributed by atoms with E-state index >= 15 is 0 Å². The molecule has 0 aliphatic heterocycles. The summed E-state index contributed by atoms with van der Waals surface area (Å²) in [6, 6.07) is 8.67. The SMILES string of the molecule is CC(=O)c1cccc(NC(=O)[C@H](C)[NH2+][C@@H](C)c2cc(F)c(Cl)cc2Cl)c1. The summed E-state index contributed by atoms with van der Waals surface area (Å²) >= 11 is 11.8. The van der Waals surface area contributed by atoms with E-state index in [0.717, 1.165) is 0 Å². The molecule has 26 heavy (non-hydrogen) atoms. The summed E-state index contributed by atoms with van der Waals surface area (Å²) in [6.45, 7) is 5.03. The molecule has 0 unspecified atom stereocenters. The molecular weight excluding hydrogens is 378 g/mol. The first kappa shape index (κ1) is 20.4. The van der Waals surface area contributed by atoms with Gasteiger partial charge in [0.25, 0.3) is 5.91 Å². The number of quaternary nitrogens is 1. The van der Waals surface area contributed by atoms with Crippen LogP contribution in [0.15, 0.2) is 36.4 Å². The van der Waals surface area contributed by atoms with Crippen LogP contribution in [0.3, 0.4) is 0 Å². The Balaban J connectivity index is 2.06. The average molecular weight is 398 g/mol. The Labute approximate surface area is 161 Å². The largest absolute Gasteiger partial charge is 0.330 e. The number of hydrogen-bond acceptors (Lipinski definition) is 2. The highest BCUT2D eigenvalue weighted by molar-refractivity contribution is 6.35. The van der Waals surface area contributed by atoms with Crippen LogP contribution in [0.25, 0.3) is 0 Å². The number of hydrogen-bond donors (Lipinski definition) is 2. The monoisotopic (exact) mass is 397 g/mol. The van der Waals surface area contributed by atoms with E-state index in [-0.39, 0.29) is 22.8 Å². The fourth-order valence-electron chi connectivity index (χ4n) is 2.58. The topological polar surface area (TPSA) is 62.8 Å². The van der Waals surface area contributed by atoms with Crippen molar-refractivity contribution < 1.29 is 19.3 Å². The second-order valence-electron chi connectivity index (χ2n) is 6.18. The van der Waals surface area contributed by atoms with Crippen molar-refractivity contribution in [1.82, 2.24) is 0 Å². The van der Waals surface area contributed by atoms with Crippen LogP contribution in [0.1, 0.15) is 42.7 Å². The summed E-state index contributed by atoms with van der Waals surface area (Å²) in [4.78, 5) is 23.8. The van der Waals surface area contributed by atoms with E-state index in [1.807, 2.05) is 6.92 Å². The summed E-state index contributed by atoms with van der Waals surface area (Å²) < 4.78 is 13.7. The highest BCUT2D eigenvalue weighted by atomic mass is 35.5. The van der Waals surface area contributed by atoms with Gasteiger partial charge in [-0.1, -0.05) is 35.3 Å². The highest BCUT2D eigenvalue weighted by Crippen LogP contribution is 2.27. The van der Waals surface area contributed by atoms with Crippen molar-refractivity contribution in [3.8, 4) is 0 Å². The third-order valence-corrected chi connectivity index (χ3v) is 4.67. The zero-order valence-corrected chi connectivity index (χ0v) is 16.2. The third kappa shape index (κ3) is 5.04. The number of Topliss-reactive ketones (excluding diaryl/α,β-unsaturated/α-hetero) is 1. The number of benzene rings is 2. The maximum absolute atomic E-state index is 13.7. The number of halogens is 3. The summed E-state index contributed by atoms with van der Waals surface area (Å²) in [5, 5.41) is 4.86. The van der Waals surface area contributed by atoms with E-state index in [4.69, 9.17) is 23.2 Å². The molecule has 2 aromatic carbocycles. The molecule has 0 radical (unpaired) electrons. The molecule has 2 atom stereocenters. The van der Waals surface area contributed by atoms with Crippen LogP contribution in [0.2, 0.25) is 10.0 Å². The van der Waals surface area contributed by atoms with Gasteiger partial charge in [-0.15, -0.1) is 0 Å². The second-order valence-corrected chi connectivity index (χ2v) is 7.00. The van der Waals surface area contributed by atoms with Gasteiger partial charge in [0.05, 0.1) is 10.0 Å². The zero-order valence-electron chi connectivity index (χ0n) is 14.6. The second kappa shape index (κ2) is 8.62. The van der Waals surface area contributed by atoms with Crippen LogP contribution < -0.4 is 10.6 Å². The molecule has 0 bridgehead atoms. The first-order valence-corrected chi connectivity index (χ1v) is 8.86. The molecule has 1 amide bonds. The van der Waals surface area contributed by atoms with Crippen LogP contribution >= 0.6 is 23.2 Å². The lowest BCUT2D eigenvalue weighted by molar-refractivity contribution is -0.709. The standard InChI is InChI=1S/C19H19Cl2FN2O2/c1-10(15-8-18(22)17(21)9-16(15)20)23-11(2)19(26)24-14-6-4-5-13(7-14)12(3)25/h4-11,23H,1-3H3,(H,24,26)/p+1/t10-,11-/m0/s1. The maximum atomic E-state index is 13.7. The van der Waals surface area contributed by atoms with Gasteiger partial charge in [-0.3, -0.25) is 9.59 Å². The lowest BCUT2D eigenvalue weighted by Gasteiger charge is -2.18. The Kier molecular flexibility index (Phi) is 6.75. The fourth-order valence-corrected chi connectivity index (χ4v) is 3.14. The van der Waals surface area contributed by atoms with E-state index in [1.165, 1.54) is 19.1 Å². The van der Waals surface area contributed by atoms with Gasteiger partial charge in [0, 0.05) is 16.8 Å². The maximum Gasteiger partial charge on any atom is 0.282 e. The van der Waals surface area contributed by atoms with Crippen LogP contribution in [-0.2, 0) is 4.79 Å². The van der Waals surface area contributed by atoms with Crippen LogP contribution in [0, 0.1) is 5.82 Å². The molecule has 2 aromatic rings. The normalized spacial score (nSPS) is 13.2. The van der Waals surface area contributed by atoms with Crippen molar-refractivity contribution in [3.63, 3.8) is 0 Å². The summed E-state index contributed by atoms with van der Waals surface area (Å²) in [5.41, 5.74) is 1.63. The lowest BCUT2D eigenvalue weighted by atomic mass is 10.1. The number of nitrogens with two attached hydrogens (primary N) is 1. The predicted molar refractivity (Wildman–Crippen MR) is 101 cm³/mol. The van der Waals surface area contributed by atoms with Gasteiger partial charge < -0.3 is 10.6 Å². The van der Waals surface area contributed by atoms with Gasteiger partial charge in [0.1, 0.15) is 11.9 Å². The van der Waals surface area contributed by atoms with E-state index in [9.17, 15) is 14.0 Å². The van der Waals surface area contributed by atoms with E-state index < -0.39 is 11.9 Å². The number of anilines is 1. The van der Waals surface area contributed by atoms with E-state index in [1.54, 1.807) is 36.5 Å². The Hall–Kier alpha value is -1.95. The van der Waals surface area contributed by atoms with E-state index in [0.29, 0.717) is 21.8 Å². The molecule has 0 aliphatic carbocycles. The predicted octanol–water partition coefficient (Wildman–Crippen LogP) is 3.99. The summed E-state index contributed by atoms with van der Waals surface area (Å²) in [6.07, 6.45) is 0. The quantitative estimate of drug-likeness (QED) is 0.571.